The molecule has 0 fully saturated rings. The molecule has 8 heteroatoms. The van der Waals surface area contributed by atoms with Gasteiger partial charge in [0.1, 0.15) is 24.9 Å². The molecule has 1 aromatic heterocycles. The van der Waals surface area contributed by atoms with Crippen LogP contribution in [0.25, 0.3) is 27.6 Å². The van der Waals surface area contributed by atoms with E-state index in [0.29, 0.717) is 29.6 Å². The van der Waals surface area contributed by atoms with E-state index in [9.17, 15) is 15.2 Å². The van der Waals surface area contributed by atoms with Crippen LogP contribution in [0.15, 0.2) is 109 Å². The predicted octanol–water partition coefficient (Wildman–Crippen LogP) is 8.38. The summed E-state index contributed by atoms with van der Waals surface area (Å²) in [5, 5.41) is 18.7. The molecule has 0 saturated heterocycles. The molecule has 0 amide bonds. The van der Waals surface area contributed by atoms with Crippen LogP contribution in [0.1, 0.15) is 4.88 Å². The van der Waals surface area contributed by atoms with Crippen LogP contribution in [0, 0.1) is 11.3 Å². The first-order valence-electron chi connectivity index (χ1n) is 14.0. The summed E-state index contributed by atoms with van der Waals surface area (Å²) in [7, 11) is 4.07. The minimum Gasteiger partial charge on any atom is -0.485 e. The Morgan fingerprint density at radius 1 is 0.750 bits per heavy atom. The molecule has 5 aromatic rings. The number of nitrogens with zero attached hydrogens (tertiary/aromatic N) is 3. The number of carbonyl (C=O) groups is 1. The van der Waals surface area contributed by atoms with Crippen molar-refractivity contribution >= 4 is 46.1 Å². The van der Waals surface area contributed by atoms with Gasteiger partial charge >= 0.3 is 5.97 Å². The summed E-state index contributed by atoms with van der Waals surface area (Å²) in [5.41, 5.74) is 7.02. The van der Waals surface area contributed by atoms with Gasteiger partial charge in [-0.1, -0.05) is 54.6 Å². The Labute approximate surface area is 260 Å². The zero-order chi connectivity index (χ0) is 30.6. The molecule has 0 atom stereocenters. The first kappa shape index (κ1) is 28.6. The maximum absolute atomic E-state index is 11.5. The fourth-order valence-electron chi connectivity index (χ4n) is 5.07. The Bertz CT molecular complexity index is 1850. The minimum absolute atomic E-state index is 0.351. The zero-order valence-electron chi connectivity index (χ0n) is 24.2. The molecule has 0 bridgehead atoms. The lowest BCUT2D eigenvalue weighted by atomic mass is 10.0. The molecule has 7 nitrogen and oxygen atoms in total. The van der Waals surface area contributed by atoms with E-state index in [1.54, 1.807) is 6.07 Å². The van der Waals surface area contributed by atoms with E-state index in [2.05, 4.69) is 82.6 Å². The van der Waals surface area contributed by atoms with Gasteiger partial charge in [-0.3, -0.25) is 0 Å². The Balaban J connectivity index is 1.35. The van der Waals surface area contributed by atoms with Crippen molar-refractivity contribution in [2.75, 3.05) is 37.1 Å². The van der Waals surface area contributed by atoms with E-state index >= 15 is 0 Å². The number of aliphatic carboxylic acids is 1. The summed E-state index contributed by atoms with van der Waals surface area (Å²) in [6.07, 6.45) is 1.34. The fourth-order valence-corrected chi connectivity index (χ4v) is 6.21. The number of anilines is 4. The highest BCUT2D eigenvalue weighted by atomic mass is 32.1. The van der Waals surface area contributed by atoms with Gasteiger partial charge in [0.05, 0.1) is 9.75 Å². The van der Waals surface area contributed by atoms with Crippen LogP contribution in [-0.4, -0.2) is 38.4 Å². The first-order chi connectivity index (χ1) is 21.4. The van der Waals surface area contributed by atoms with Crippen molar-refractivity contribution in [2.45, 2.75) is 0 Å². The normalized spacial score (nSPS) is 12.3. The second-order valence-electron chi connectivity index (χ2n) is 10.3. The van der Waals surface area contributed by atoms with Gasteiger partial charge in [0.15, 0.2) is 11.5 Å². The van der Waals surface area contributed by atoms with Crippen LogP contribution in [0.2, 0.25) is 0 Å². The lowest BCUT2D eigenvalue weighted by molar-refractivity contribution is -0.132. The number of rotatable bonds is 8. The maximum atomic E-state index is 11.5. The highest BCUT2D eigenvalue weighted by Crippen LogP contribution is 2.50. The third kappa shape index (κ3) is 5.74. The summed E-state index contributed by atoms with van der Waals surface area (Å²) >= 11 is 1.34. The topological polar surface area (TPSA) is 86.0 Å². The Morgan fingerprint density at radius 3 is 1.77 bits per heavy atom. The second-order valence-corrected chi connectivity index (χ2v) is 11.4. The van der Waals surface area contributed by atoms with Crippen LogP contribution in [0.3, 0.4) is 0 Å². The number of ether oxygens (including phenoxy) is 2. The van der Waals surface area contributed by atoms with Crippen molar-refractivity contribution < 1.29 is 19.4 Å². The van der Waals surface area contributed by atoms with Crippen LogP contribution >= 0.6 is 11.3 Å². The Morgan fingerprint density at radius 2 is 1.25 bits per heavy atom. The minimum atomic E-state index is -1.28. The Kier molecular flexibility index (Phi) is 8.04. The number of carboxylic acids is 1. The molecule has 44 heavy (non-hydrogen) atoms. The van der Waals surface area contributed by atoms with Crippen molar-refractivity contribution in [3.63, 3.8) is 0 Å². The van der Waals surface area contributed by atoms with Gasteiger partial charge in [-0.05, 0) is 71.3 Å². The number of hydrogen-bond acceptors (Lipinski definition) is 7. The monoisotopic (exact) mass is 599 g/mol. The van der Waals surface area contributed by atoms with Crippen molar-refractivity contribution in [3.8, 4) is 39.1 Å². The van der Waals surface area contributed by atoms with Gasteiger partial charge in [-0.15, -0.1) is 11.3 Å². The first-order valence-corrected chi connectivity index (χ1v) is 14.9. The molecule has 6 rings (SSSR count). The van der Waals surface area contributed by atoms with E-state index in [4.69, 9.17) is 9.47 Å². The van der Waals surface area contributed by atoms with Crippen molar-refractivity contribution in [1.82, 2.24) is 0 Å². The average molecular weight is 600 g/mol. The van der Waals surface area contributed by atoms with E-state index in [-0.39, 0.29) is 5.57 Å². The standard InChI is InChI=1S/C36H29N3O4S/c1-38(2)28-14-8-24(9-15-28)25-10-16-30(17-11-25)39(29-6-4-3-5-7-29)31-18-12-26(13-19-31)35-34-33(42-20-21-43-34)32(44-35)22-27(23-37)36(40)41/h3-19,22H,20-21H2,1-2H3,(H,40,41)/b27-22+. The molecule has 0 aliphatic carbocycles. The van der Waals surface area contributed by atoms with Gasteiger partial charge in [0, 0.05) is 36.8 Å². The van der Waals surface area contributed by atoms with Gasteiger partial charge < -0.3 is 24.4 Å². The molecule has 1 N–H and O–H groups in total. The van der Waals surface area contributed by atoms with Crippen LogP contribution in [0.5, 0.6) is 11.5 Å². The third-order valence-electron chi connectivity index (χ3n) is 7.30. The molecule has 1 aliphatic rings. The number of nitriles is 1. The molecule has 2 heterocycles. The molecule has 4 aromatic carbocycles. The number of para-hydroxylation sites is 1. The largest absolute Gasteiger partial charge is 0.485 e. The third-order valence-corrected chi connectivity index (χ3v) is 8.44. The summed E-state index contributed by atoms with van der Waals surface area (Å²) in [6.45, 7) is 0.740. The van der Waals surface area contributed by atoms with Gasteiger partial charge in [-0.2, -0.15) is 5.26 Å². The Hall–Kier alpha value is -5.52. The molecular formula is C36H29N3O4S. The lowest BCUT2D eigenvalue weighted by Crippen LogP contribution is -2.15. The van der Waals surface area contributed by atoms with Crippen molar-refractivity contribution in [2.24, 2.45) is 0 Å². The average Bonchev–Trinajstić information content (AvgIpc) is 3.43. The molecule has 0 spiro atoms. The fraction of sp³-hybridized carbons (Fsp3) is 0.111. The van der Waals surface area contributed by atoms with E-state index < -0.39 is 5.97 Å². The SMILES string of the molecule is CN(C)c1ccc(-c2ccc(N(c3ccccc3)c3ccc(-c4sc(/C=C(\C#N)C(=O)O)c5c4OCCO5)cc3)cc2)cc1. The molecule has 0 unspecified atom stereocenters. The van der Waals surface area contributed by atoms with E-state index in [1.165, 1.54) is 17.4 Å². The van der Waals surface area contributed by atoms with Gasteiger partial charge in [-0.25, -0.2) is 4.79 Å². The van der Waals surface area contributed by atoms with Crippen molar-refractivity contribution in [3.05, 3.63) is 114 Å². The van der Waals surface area contributed by atoms with Crippen LogP contribution < -0.4 is 19.3 Å². The molecule has 0 radical (unpaired) electrons. The van der Waals surface area contributed by atoms with Gasteiger partial charge in [0.2, 0.25) is 0 Å². The van der Waals surface area contributed by atoms with Crippen LogP contribution in [0.4, 0.5) is 22.7 Å². The second kappa shape index (κ2) is 12.4. The summed E-state index contributed by atoms with van der Waals surface area (Å²) in [4.78, 5) is 17.1. The quantitative estimate of drug-likeness (QED) is 0.142. The zero-order valence-corrected chi connectivity index (χ0v) is 25.0. The number of benzene rings is 4. The number of thiophene rings is 1. The predicted molar refractivity (Wildman–Crippen MR) is 176 cm³/mol. The summed E-state index contributed by atoms with van der Waals surface area (Å²) in [6, 6.07) is 37.2. The summed E-state index contributed by atoms with van der Waals surface area (Å²) in [5.74, 6) is -0.248. The molecule has 1 aliphatic heterocycles. The highest BCUT2D eigenvalue weighted by Gasteiger charge is 2.26. The maximum Gasteiger partial charge on any atom is 0.346 e. The molecular weight excluding hydrogens is 570 g/mol. The number of hydrogen-bond donors (Lipinski definition) is 1. The van der Waals surface area contributed by atoms with Crippen LogP contribution in [-0.2, 0) is 4.79 Å². The lowest BCUT2D eigenvalue weighted by Gasteiger charge is -2.26. The number of fused-ring (bicyclic) bond motifs is 1. The molecule has 0 saturated carbocycles. The number of carboxylic acid groups (broad SMARTS) is 1. The van der Waals surface area contributed by atoms with Gasteiger partial charge in [0.25, 0.3) is 0 Å². The summed E-state index contributed by atoms with van der Waals surface area (Å²) < 4.78 is 11.8. The van der Waals surface area contributed by atoms with Crippen molar-refractivity contribution in [1.29, 1.82) is 5.26 Å². The smallest absolute Gasteiger partial charge is 0.346 e. The highest BCUT2D eigenvalue weighted by molar-refractivity contribution is 7.17. The molecule has 218 valence electrons. The van der Waals surface area contributed by atoms with E-state index in [0.717, 1.165) is 44.3 Å². The van der Waals surface area contributed by atoms with E-state index in [1.807, 2.05) is 44.4 Å².